The third-order valence-corrected chi connectivity index (χ3v) is 3.39. The molecule has 138 valence electrons. The summed E-state index contributed by atoms with van der Waals surface area (Å²) in [5.41, 5.74) is 0.662. The maximum Gasteiger partial charge on any atom is 0.387 e. The van der Waals surface area contributed by atoms with Crippen LogP contribution >= 0.6 is 0 Å². The van der Waals surface area contributed by atoms with Crippen LogP contribution in [0.1, 0.15) is 22.8 Å². The van der Waals surface area contributed by atoms with Crippen molar-refractivity contribution in [3.63, 3.8) is 0 Å². The smallest absolute Gasteiger partial charge is 0.387 e. The van der Waals surface area contributed by atoms with E-state index in [1.807, 2.05) is 0 Å². The lowest BCUT2D eigenvalue weighted by Gasteiger charge is -2.16. The second-order valence-electron chi connectivity index (χ2n) is 5.43. The number of nitrogens with one attached hydrogen (secondary N) is 1. The molecule has 0 radical (unpaired) electrons. The molecule has 0 spiro atoms. The van der Waals surface area contributed by atoms with Crippen molar-refractivity contribution in [2.24, 2.45) is 0 Å². The Morgan fingerprint density at radius 1 is 1.15 bits per heavy atom. The number of amides is 1. The number of carbonyl (C=O) groups is 2. The average Bonchev–Trinajstić information content (AvgIpc) is 2.58. The summed E-state index contributed by atoms with van der Waals surface area (Å²) in [6.07, 6.45) is -1.23. The third kappa shape index (κ3) is 4.92. The summed E-state index contributed by atoms with van der Waals surface area (Å²) in [5.74, 6) is -2.11. The van der Waals surface area contributed by atoms with Gasteiger partial charge in [0.05, 0.1) is 5.69 Å². The Hall–Kier alpha value is -3.16. The number of halogens is 2. The summed E-state index contributed by atoms with van der Waals surface area (Å²) < 4.78 is 34.1. The number of rotatable bonds is 6. The van der Waals surface area contributed by atoms with Crippen molar-refractivity contribution < 1.29 is 33.0 Å². The van der Waals surface area contributed by atoms with E-state index < -0.39 is 24.6 Å². The number of esters is 1. The molecule has 0 aliphatic carbocycles. The second kappa shape index (κ2) is 8.28. The highest BCUT2D eigenvalue weighted by molar-refractivity contribution is 5.99. The first-order valence-corrected chi connectivity index (χ1v) is 7.63. The van der Waals surface area contributed by atoms with Gasteiger partial charge < -0.3 is 19.9 Å². The molecule has 0 aliphatic heterocycles. The molecule has 0 bridgehead atoms. The number of hydrogen-bond acceptors (Lipinski definition) is 5. The van der Waals surface area contributed by atoms with Gasteiger partial charge in [0.1, 0.15) is 17.1 Å². The quantitative estimate of drug-likeness (QED) is 0.766. The van der Waals surface area contributed by atoms with Crippen LogP contribution in [0.3, 0.4) is 0 Å². The van der Waals surface area contributed by atoms with E-state index in [0.29, 0.717) is 0 Å². The highest BCUT2D eigenvalue weighted by Gasteiger charge is 2.22. The first-order chi connectivity index (χ1) is 12.3. The van der Waals surface area contributed by atoms with Crippen LogP contribution in [0.15, 0.2) is 42.5 Å². The summed E-state index contributed by atoms with van der Waals surface area (Å²) in [6, 6.07) is 10.0. The Morgan fingerprint density at radius 3 is 2.54 bits per heavy atom. The molecule has 0 saturated heterocycles. The summed E-state index contributed by atoms with van der Waals surface area (Å²) in [7, 11) is 0. The number of phenols is 1. The lowest BCUT2D eigenvalue weighted by Crippen LogP contribution is -2.30. The second-order valence-corrected chi connectivity index (χ2v) is 5.43. The molecule has 1 amide bonds. The number of para-hydroxylation sites is 2. The molecule has 2 N–H and O–H groups in total. The summed E-state index contributed by atoms with van der Waals surface area (Å²) in [4.78, 5) is 24.3. The maximum atomic E-state index is 12.4. The molecule has 26 heavy (non-hydrogen) atoms. The zero-order valence-corrected chi connectivity index (χ0v) is 14.0. The normalized spacial score (nSPS) is 11.7. The number of aryl methyl sites for hydroxylation is 1. The van der Waals surface area contributed by atoms with Crippen molar-refractivity contribution in [3.8, 4) is 11.5 Å². The van der Waals surface area contributed by atoms with Gasteiger partial charge in [-0.15, -0.1) is 0 Å². The molecule has 2 rings (SSSR count). The topological polar surface area (TPSA) is 84.9 Å². The lowest BCUT2D eigenvalue weighted by molar-refractivity contribution is -0.123. The van der Waals surface area contributed by atoms with Gasteiger partial charge in [-0.1, -0.05) is 23.8 Å². The first-order valence-electron chi connectivity index (χ1n) is 7.63. The van der Waals surface area contributed by atoms with Gasteiger partial charge >= 0.3 is 12.6 Å². The van der Waals surface area contributed by atoms with Crippen LogP contribution < -0.4 is 10.1 Å². The molecule has 6 nitrogen and oxygen atoms in total. The van der Waals surface area contributed by atoms with Gasteiger partial charge in [0.25, 0.3) is 5.91 Å². The molecule has 2 aromatic carbocycles. The Balaban J connectivity index is 2.06. The number of carbonyl (C=O) groups excluding carboxylic acids is 2. The number of hydrogen-bond donors (Lipinski definition) is 2. The Bertz CT molecular complexity index is 810. The predicted octanol–water partition coefficient (Wildman–Crippen LogP) is 3.49. The van der Waals surface area contributed by atoms with Crippen LogP contribution in [-0.4, -0.2) is 29.7 Å². The number of anilines is 1. The number of phenolic OH excluding ortho intramolecular Hbond substituents is 1. The monoisotopic (exact) mass is 365 g/mol. The molecule has 0 fully saturated rings. The molecule has 0 unspecified atom stereocenters. The van der Waals surface area contributed by atoms with E-state index in [9.17, 15) is 23.5 Å². The maximum absolute atomic E-state index is 12.4. The fourth-order valence-corrected chi connectivity index (χ4v) is 2.09. The molecule has 8 heteroatoms. The van der Waals surface area contributed by atoms with Gasteiger partial charge in [-0.05, 0) is 38.1 Å². The molecule has 0 aliphatic rings. The van der Waals surface area contributed by atoms with Crippen LogP contribution in [0.2, 0.25) is 0 Å². The summed E-state index contributed by atoms with van der Waals surface area (Å²) >= 11 is 0. The van der Waals surface area contributed by atoms with Crippen LogP contribution in [0.25, 0.3) is 0 Å². The van der Waals surface area contributed by atoms with Crippen molar-refractivity contribution in [2.45, 2.75) is 26.6 Å². The SMILES string of the molecule is Cc1ccc(O)c(C(=O)O[C@H](C)C(=O)Nc2ccccc2OC(F)F)c1. The van der Waals surface area contributed by atoms with Crippen LogP contribution in [0.4, 0.5) is 14.5 Å². The minimum atomic E-state index is -3.05. The minimum absolute atomic E-state index is 0.0131. The van der Waals surface area contributed by atoms with E-state index in [1.54, 1.807) is 13.0 Å². The number of alkyl halides is 2. The molecule has 2 aromatic rings. The highest BCUT2D eigenvalue weighted by atomic mass is 19.3. The zero-order chi connectivity index (χ0) is 19.3. The van der Waals surface area contributed by atoms with Crippen molar-refractivity contribution in [3.05, 3.63) is 53.6 Å². The summed E-state index contributed by atoms with van der Waals surface area (Å²) in [6.45, 7) is -0.00392. The largest absolute Gasteiger partial charge is 0.507 e. The van der Waals surface area contributed by atoms with Crippen molar-refractivity contribution in [1.29, 1.82) is 0 Å². The van der Waals surface area contributed by atoms with Crippen LogP contribution in [0.5, 0.6) is 11.5 Å². The molecule has 0 heterocycles. The van der Waals surface area contributed by atoms with Gasteiger partial charge in [-0.3, -0.25) is 4.79 Å². The summed E-state index contributed by atoms with van der Waals surface area (Å²) in [5, 5.41) is 12.1. The third-order valence-electron chi connectivity index (χ3n) is 3.39. The molecular formula is C18H17F2NO5. The van der Waals surface area contributed by atoms with Gasteiger partial charge in [0, 0.05) is 0 Å². The Kier molecular flexibility index (Phi) is 6.11. The van der Waals surface area contributed by atoms with Gasteiger partial charge in [0.15, 0.2) is 6.10 Å². The average molecular weight is 365 g/mol. The van der Waals surface area contributed by atoms with Crippen LogP contribution in [-0.2, 0) is 9.53 Å². The van der Waals surface area contributed by atoms with E-state index >= 15 is 0 Å². The first kappa shape index (κ1) is 19.2. The van der Waals surface area contributed by atoms with E-state index in [1.165, 1.54) is 43.3 Å². The molecule has 0 aromatic heterocycles. The number of ether oxygens (including phenoxy) is 2. The predicted molar refractivity (Wildman–Crippen MR) is 89.4 cm³/mol. The van der Waals surface area contributed by atoms with E-state index in [4.69, 9.17) is 4.74 Å². The molecular weight excluding hydrogens is 348 g/mol. The van der Waals surface area contributed by atoms with Crippen molar-refractivity contribution >= 4 is 17.6 Å². The highest BCUT2D eigenvalue weighted by Crippen LogP contribution is 2.26. The standard InChI is InChI=1S/C18H17F2NO5/c1-10-7-8-14(22)12(9-10)17(24)25-11(2)16(23)21-13-5-3-4-6-15(13)26-18(19)20/h3-9,11,18,22H,1-2H3,(H,21,23)/t11-/m1/s1. The van der Waals surface area contributed by atoms with Crippen molar-refractivity contribution in [1.82, 2.24) is 0 Å². The molecule has 0 saturated carbocycles. The zero-order valence-electron chi connectivity index (χ0n) is 14.0. The minimum Gasteiger partial charge on any atom is -0.507 e. The Morgan fingerprint density at radius 2 is 1.85 bits per heavy atom. The van der Waals surface area contributed by atoms with E-state index in [0.717, 1.165) is 5.56 Å². The number of aromatic hydroxyl groups is 1. The lowest BCUT2D eigenvalue weighted by atomic mass is 10.1. The fraction of sp³-hybridized carbons (Fsp3) is 0.222. The number of benzene rings is 2. The van der Waals surface area contributed by atoms with E-state index in [-0.39, 0.29) is 22.7 Å². The Labute approximate surface area is 148 Å². The van der Waals surface area contributed by atoms with Gasteiger partial charge in [-0.2, -0.15) is 8.78 Å². The molecule has 1 atom stereocenters. The van der Waals surface area contributed by atoms with E-state index in [2.05, 4.69) is 10.1 Å². The fourth-order valence-electron chi connectivity index (χ4n) is 2.09. The van der Waals surface area contributed by atoms with Gasteiger partial charge in [0.2, 0.25) is 0 Å². The van der Waals surface area contributed by atoms with Crippen molar-refractivity contribution in [2.75, 3.05) is 5.32 Å². The van der Waals surface area contributed by atoms with Gasteiger partial charge in [-0.25, -0.2) is 4.79 Å². The van der Waals surface area contributed by atoms with Crippen LogP contribution in [0, 0.1) is 6.92 Å².